The zero-order valence-electron chi connectivity index (χ0n) is 20.8. The number of imidazole rings is 1. The number of carbonyl (C=O) groups is 2. The molecule has 0 spiro atoms. The highest BCUT2D eigenvalue weighted by Gasteiger charge is 2.24. The van der Waals surface area contributed by atoms with Crippen molar-refractivity contribution in [3.8, 4) is 5.75 Å². The van der Waals surface area contributed by atoms with Crippen molar-refractivity contribution in [1.82, 2.24) is 20.3 Å². The molecule has 0 saturated carbocycles. The number of ether oxygens (including phenoxy) is 1. The van der Waals surface area contributed by atoms with Gasteiger partial charge in [-0.2, -0.15) is 0 Å². The minimum Gasteiger partial charge on any atom is -0.492 e. The number of pyridine rings is 1. The van der Waals surface area contributed by atoms with Crippen molar-refractivity contribution in [2.75, 3.05) is 23.8 Å². The molecule has 39 heavy (non-hydrogen) atoms. The fraction of sp³-hybridized carbons (Fsp3) is 0.143. The highest BCUT2D eigenvalue weighted by molar-refractivity contribution is 6.34. The number of nitrogens with zero attached hydrogens (tertiary/aromatic N) is 2. The second-order valence-electron chi connectivity index (χ2n) is 8.77. The van der Waals surface area contributed by atoms with Crippen molar-refractivity contribution in [2.45, 2.75) is 13.0 Å². The molecule has 1 aliphatic rings. The number of halogens is 2. The van der Waals surface area contributed by atoms with E-state index in [1.807, 2.05) is 6.07 Å². The first-order valence-electron chi connectivity index (χ1n) is 12.1. The number of nitrogens with one attached hydrogen (secondary N) is 4. The minimum atomic E-state index is -0.978. The molecule has 0 aliphatic carbocycles. The fourth-order valence-electron chi connectivity index (χ4n) is 4.11. The van der Waals surface area contributed by atoms with Crippen molar-refractivity contribution in [3.63, 3.8) is 0 Å². The van der Waals surface area contributed by atoms with Crippen LogP contribution in [-0.4, -0.2) is 39.9 Å². The number of rotatable bonds is 9. The number of amides is 2. The van der Waals surface area contributed by atoms with Gasteiger partial charge in [0.2, 0.25) is 0 Å². The summed E-state index contributed by atoms with van der Waals surface area (Å²) in [6.45, 7) is 2.27. The fourth-order valence-corrected chi connectivity index (χ4v) is 4.11. The molecule has 2 amide bonds. The smallest absolute Gasteiger partial charge is 0.256 e. The summed E-state index contributed by atoms with van der Waals surface area (Å²) in [6.07, 6.45) is 6.46. The number of fused-ring (bicyclic) bond motifs is 1. The highest BCUT2D eigenvalue weighted by Crippen LogP contribution is 2.35. The van der Waals surface area contributed by atoms with Crippen LogP contribution in [0.3, 0.4) is 0 Å². The first-order valence-corrected chi connectivity index (χ1v) is 12.1. The lowest BCUT2D eigenvalue weighted by Gasteiger charge is -2.16. The van der Waals surface area contributed by atoms with Crippen LogP contribution in [0.25, 0.3) is 11.6 Å². The molecule has 4 N–H and O–H groups in total. The SMILES string of the molecule is C[C@H](NC(=O)c1cccnc1NCCOc1ccc2c(c1)NC(=O)C2=Cc1cnc[nH]1)c1ccc(F)c(F)c1. The monoisotopic (exact) mass is 530 g/mol. The van der Waals surface area contributed by atoms with Crippen LogP contribution in [0.15, 0.2) is 67.3 Å². The van der Waals surface area contributed by atoms with Crippen molar-refractivity contribution in [3.05, 3.63) is 101 Å². The predicted octanol–water partition coefficient (Wildman–Crippen LogP) is 4.56. The molecule has 198 valence electrons. The third-order valence-electron chi connectivity index (χ3n) is 6.10. The lowest BCUT2D eigenvalue weighted by atomic mass is 10.1. The maximum Gasteiger partial charge on any atom is 0.256 e. The zero-order chi connectivity index (χ0) is 27.4. The molecule has 5 rings (SSSR count). The Bertz CT molecular complexity index is 1550. The van der Waals surface area contributed by atoms with E-state index in [2.05, 4.69) is 30.9 Å². The molecule has 1 atom stereocenters. The van der Waals surface area contributed by atoms with Crippen molar-refractivity contribution in [2.24, 2.45) is 0 Å². The molecular weight excluding hydrogens is 506 g/mol. The van der Waals surface area contributed by atoms with E-state index in [0.717, 1.165) is 23.4 Å². The van der Waals surface area contributed by atoms with Crippen molar-refractivity contribution >= 4 is 35.0 Å². The molecule has 9 nitrogen and oxygen atoms in total. The summed E-state index contributed by atoms with van der Waals surface area (Å²) in [5, 5.41) is 8.71. The average molecular weight is 531 g/mol. The summed E-state index contributed by atoms with van der Waals surface area (Å²) in [5.41, 5.74) is 3.40. The Balaban J connectivity index is 1.18. The van der Waals surface area contributed by atoms with Gasteiger partial charge in [-0.3, -0.25) is 9.59 Å². The Labute approximate surface area is 222 Å². The molecule has 1 aliphatic heterocycles. The number of carbonyl (C=O) groups excluding carboxylic acids is 2. The zero-order valence-corrected chi connectivity index (χ0v) is 20.8. The number of H-pyrrole nitrogens is 1. The molecule has 2 aromatic heterocycles. The molecule has 0 fully saturated rings. The maximum absolute atomic E-state index is 13.6. The molecule has 0 unspecified atom stereocenters. The van der Waals surface area contributed by atoms with Crippen LogP contribution in [0.4, 0.5) is 20.3 Å². The number of anilines is 2. The predicted molar refractivity (Wildman–Crippen MR) is 142 cm³/mol. The van der Waals surface area contributed by atoms with Crippen LogP contribution in [-0.2, 0) is 4.79 Å². The highest BCUT2D eigenvalue weighted by atomic mass is 19.2. The quantitative estimate of drug-likeness (QED) is 0.186. The van der Waals surface area contributed by atoms with Gasteiger partial charge < -0.3 is 25.7 Å². The van der Waals surface area contributed by atoms with Crippen LogP contribution in [0.5, 0.6) is 5.75 Å². The van der Waals surface area contributed by atoms with Crippen LogP contribution in [0, 0.1) is 11.6 Å². The van der Waals surface area contributed by atoms with Gasteiger partial charge in [0.15, 0.2) is 11.6 Å². The third kappa shape index (κ3) is 5.77. The molecule has 3 heterocycles. The number of aromatic nitrogens is 3. The van der Waals surface area contributed by atoms with Gasteiger partial charge in [0.25, 0.3) is 11.8 Å². The van der Waals surface area contributed by atoms with Gasteiger partial charge in [-0.15, -0.1) is 0 Å². The summed E-state index contributed by atoms with van der Waals surface area (Å²) < 4.78 is 32.7. The number of benzene rings is 2. The second-order valence-corrected chi connectivity index (χ2v) is 8.77. The van der Waals surface area contributed by atoms with E-state index in [9.17, 15) is 18.4 Å². The molecule has 4 aromatic rings. The van der Waals surface area contributed by atoms with Gasteiger partial charge in [-0.25, -0.2) is 18.7 Å². The van der Waals surface area contributed by atoms with Crippen LogP contribution in [0.1, 0.15) is 40.1 Å². The minimum absolute atomic E-state index is 0.210. The Kier molecular flexibility index (Phi) is 7.30. The van der Waals surface area contributed by atoms with E-state index >= 15 is 0 Å². The summed E-state index contributed by atoms with van der Waals surface area (Å²) in [7, 11) is 0. The topological polar surface area (TPSA) is 121 Å². The van der Waals surface area contributed by atoms with E-state index in [1.165, 1.54) is 6.07 Å². The molecule has 11 heteroatoms. The summed E-state index contributed by atoms with van der Waals surface area (Å²) in [4.78, 5) is 36.5. The third-order valence-corrected chi connectivity index (χ3v) is 6.10. The van der Waals surface area contributed by atoms with Gasteiger partial charge in [0, 0.05) is 17.8 Å². The number of aromatic amines is 1. The summed E-state index contributed by atoms with van der Waals surface area (Å²) in [5.74, 6) is -1.64. The van der Waals surface area contributed by atoms with E-state index in [-0.39, 0.29) is 12.5 Å². The molecule has 0 radical (unpaired) electrons. The average Bonchev–Trinajstić information content (AvgIpc) is 3.55. The Hall–Kier alpha value is -5.06. The largest absolute Gasteiger partial charge is 0.492 e. The Morgan fingerprint density at radius 3 is 2.82 bits per heavy atom. The molecule has 0 bridgehead atoms. The van der Waals surface area contributed by atoms with Gasteiger partial charge in [-0.05, 0) is 55.0 Å². The first-order chi connectivity index (χ1) is 18.9. The summed E-state index contributed by atoms with van der Waals surface area (Å²) in [6, 6.07) is 11.5. The van der Waals surface area contributed by atoms with Crippen molar-refractivity contribution < 1.29 is 23.1 Å². The van der Waals surface area contributed by atoms with Crippen LogP contribution >= 0.6 is 0 Å². The van der Waals surface area contributed by atoms with E-state index in [0.29, 0.717) is 40.5 Å². The number of hydrogen-bond donors (Lipinski definition) is 4. The Morgan fingerprint density at radius 2 is 2.03 bits per heavy atom. The molecule has 2 aromatic carbocycles. The van der Waals surface area contributed by atoms with Crippen molar-refractivity contribution in [1.29, 1.82) is 0 Å². The maximum atomic E-state index is 13.6. The molecule has 0 saturated heterocycles. The summed E-state index contributed by atoms with van der Waals surface area (Å²) >= 11 is 0. The standard InChI is InChI=1S/C28H24F2N6O3/c1-16(17-4-7-23(29)24(30)11-17)35-27(37)21-3-2-8-32-26(21)33-9-10-39-19-5-6-20-22(12-18-14-31-15-34-18)28(38)36-25(20)13-19/h2-8,11-16H,9-10H2,1H3,(H,31,34)(H,32,33)(H,35,37)(H,36,38)/t16-/m0/s1. The van der Waals surface area contributed by atoms with Gasteiger partial charge in [-0.1, -0.05) is 6.07 Å². The van der Waals surface area contributed by atoms with Crippen LogP contribution < -0.4 is 20.7 Å². The number of hydrogen-bond acceptors (Lipinski definition) is 6. The van der Waals surface area contributed by atoms with Crippen LogP contribution in [0.2, 0.25) is 0 Å². The second kappa shape index (κ2) is 11.1. The normalized spacial score (nSPS) is 14.0. The first kappa shape index (κ1) is 25.6. The van der Waals surface area contributed by atoms with E-state index < -0.39 is 23.6 Å². The van der Waals surface area contributed by atoms with Gasteiger partial charge >= 0.3 is 0 Å². The van der Waals surface area contributed by atoms with E-state index in [4.69, 9.17) is 4.74 Å². The van der Waals surface area contributed by atoms with E-state index in [1.54, 1.807) is 56.0 Å². The Morgan fingerprint density at radius 1 is 1.15 bits per heavy atom. The molecular formula is C28H24F2N6O3. The lowest BCUT2D eigenvalue weighted by molar-refractivity contribution is -0.110. The van der Waals surface area contributed by atoms with Gasteiger partial charge in [0.05, 0.1) is 47.6 Å². The lowest BCUT2D eigenvalue weighted by Crippen LogP contribution is -2.28. The van der Waals surface area contributed by atoms with Gasteiger partial charge in [0.1, 0.15) is 18.2 Å².